The second kappa shape index (κ2) is 48.5. The smallest absolute Gasteiger partial charge is 0.217 e. The molecule has 138 heavy (non-hydrogen) atoms. The molecule has 12 heterocycles. The van der Waals surface area contributed by atoms with Crippen LogP contribution in [0, 0.1) is 0 Å². The van der Waals surface area contributed by atoms with Crippen molar-refractivity contribution in [1.82, 2.24) is 16.0 Å². The van der Waals surface area contributed by atoms with Gasteiger partial charge in [0, 0.05) is 20.8 Å². The monoisotopic (exact) mass is 2020 g/mol. The second-order valence-electron chi connectivity index (χ2n) is 35.8. The molecule has 0 radical (unpaired) electrons. The highest BCUT2D eigenvalue weighted by molar-refractivity contribution is 5.74. The van der Waals surface area contributed by atoms with E-state index in [1.165, 1.54) is 27.7 Å². The van der Waals surface area contributed by atoms with Gasteiger partial charge in [-0.2, -0.15) is 0 Å². The lowest BCUT2D eigenvalue weighted by molar-refractivity contribution is -0.402. The first-order valence-electron chi connectivity index (χ1n) is 44.6. The lowest BCUT2D eigenvalue weighted by Crippen LogP contribution is -2.72. The number of aliphatic hydroxyl groups excluding tert-OH is 31. The Kier molecular flexibility index (Phi) is 39.7. The minimum Gasteiger partial charge on any atom is -0.394 e. The molecule has 0 saturated carbocycles. The molecular formula is C78H131N3O57. The van der Waals surface area contributed by atoms with Crippen molar-refractivity contribution < 1.29 is 282 Å². The Morgan fingerprint density at radius 2 is 0.449 bits per heavy atom. The van der Waals surface area contributed by atoms with Crippen molar-refractivity contribution in [2.75, 3.05) is 52.9 Å². The highest BCUT2D eigenvalue weighted by Gasteiger charge is 2.64. The molecule has 34 N–H and O–H groups in total. The van der Waals surface area contributed by atoms with Crippen LogP contribution in [0.25, 0.3) is 0 Å². The van der Waals surface area contributed by atoms with Gasteiger partial charge in [-0.15, -0.1) is 0 Å². The Labute approximate surface area is 782 Å². The second-order valence-corrected chi connectivity index (χ2v) is 35.8. The summed E-state index contributed by atoms with van der Waals surface area (Å²) in [5.74, 6) is -3.08. The van der Waals surface area contributed by atoms with Gasteiger partial charge in [0.15, 0.2) is 75.5 Å². The predicted octanol–water partition coefficient (Wildman–Crippen LogP) is -22.6. The summed E-state index contributed by atoms with van der Waals surface area (Å²) < 4.78 is 139. The zero-order valence-corrected chi connectivity index (χ0v) is 74.8. The number of carbonyl (C=O) groups is 3. The number of nitrogens with one attached hydrogen (secondary N) is 3. The van der Waals surface area contributed by atoms with Gasteiger partial charge in [-0.05, 0) is 27.7 Å². The maximum absolute atomic E-state index is 13.7. The number of rotatable bonds is 33. The first-order chi connectivity index (χ1) is 65.2. The van der Waals surface area contributed by atoms with E-state index in [4.69, 9.17) is 109 Å². The standard InChI is InChI=1S/C78H131N3O57/c1-16-34(92)43(101)51(109)71(117-16)133-61-32(80-21(6)90)69(126-28(13-87)59(61)131-77-65(47(105)38(96)23(8-82)123-77)137-73-53(111)45(103)36(94)18(3)119-73)135-63-40(98)25(10-84)122-75(55(63)113)129-57-27(12-86)125-68(31(42(57)100)79-20(5)89)116-15-30-41(99)64(56(114)76(128-30)130-58-26(11-85)121-67(115)50(108)49(58)107)136-70-33(81-22(7)91)62(134-72-52(110)44(102)35(93)17(2)118-72)60(29(14-88)127-70)132-78-66(48(106)39(97)24(9-83)124-78)138-74-54(112)46(104)37(95)19(4)120-74/h16-19,23-78,82-88,92-115H,8-15H2,1-7H3,(H,79,89)(H,80,90)(H,81,91)/t16-,17-,18-,19-,23+,24+,25+,26+,27+,28+,29+,30+,31+,32+,33+,34+,35+,36+,37+,38-,39-,40-,41-,42+,43+,44+,45+,46+,47-,48-,49+,50+,51-,52-,53-,54-,55+,56+,57+,58+,59+,60+,61+,62+,63-,64-,65+,66+,67?,68+,69?,70-,71-,72-,73-,74-,75-,76-,77-,78-/m0/s1. The van der Waals surface area contributed by atoms with E-state index in [2.05, 4.69) is 16.0 Å². The number of carbonyl (C=O) groups excluding carboxylic acids is 3. The Morgan fingerprint density at radius 1 is 0.203 bits per heavy atom. The van der Waals surface area contributed by atoms with Crippen LogP contribution in [0.2, 0.25) is 0 Å². The molecule has 2 unspecified atom stereocenters. The number of aliphatic hydroxyl groups is 31. The van der Waals surface area contributed by atoms with Gasteiger partial charge in [-0.25, -0.2) is 0 Å². The van der Waals surface area contributed by atoms with E-state index >= 15 is 0 Å². The summed E-state index contributed by atoms with van der Waals surface area (Å²) in [7, 11) is 0. The van der Waals surface area contributed by atoms with Gasteiger partial charge in [0.25, 0.3) is 0 Å². The van der Waals surface area contributed by atoms with Gasteiger partial charge < -0.3 is 283 Å². The molecule has 0 aromatic heterocycles. The first-order valence-corrected chi connectivity index (χ1v) is 44.6. The van der Waals surface area contributed by atoms with Gasteiger partial charge in [0.05, 0.1) is 77.3 Å². The Morgan fingerprint density at radius 3 is 0.797 bits per heavy atom. The van der Waals surface area contributed by atoms with Crippen LogP contribution in [0.1, 0.15) is 48.5 Å². The average molecular weight is 2020 g/mol. The third-order valence-electron chi connectivity index (χ3n) is 26.1. The van der Waals surface area contributed by atoms with E-state index < -0.39 is 439 Å². The summed E-state index contributed by atoms with van der Waals surface area (Å²) in [4.78, 5) is 40.7. The van der Waals surface area contributed by atoms with Crippen molar-refractivity contribution >= 4 is 17.7 Å². The zero-order valence-electron chi connectivity index (χ0n) is 74.8. The third-order valence-corrected chi connectivity index (χ3v) is 26.1. The fourth-order valence-corrected chi connectivity index (χ4v) is 18.3. The molecule has 60 atom stereocenters. The van der Waals surface area contributed by atoms with Gasteiger partial charge in [0.1, 0.15) is 268 Å². The topological polar surface area (TPSA) is 927 Å². The van der Waals surface area contributed by atoms with Crippen LogP contribution in [0.4, 0.5) is 0 Å². The fraction of sp³-hybridized carbons (Fsp3) is 0.962. The van der Waals surface area contributed by atoms with E-state index in [9.17, 15) is 173 Å². The van der Waals surface area contributed by atoms with Crippen LogP contribution < -0.4 is 16.0 Å². The van der Waals surface area contributed by atoms with E-state index in [-0.39, 0.29) is 0 Å². The normalized spacial score (nSPS) is 52.1. The number of ether oxygens (including phenoxy) is 23. The molecule has 3 amide bonds. The van der Waals surface area contributed by atoms with Crippen LogP contribution >= 0.6 is 0 Å². The van der Waals surface area contributed by atoms with Crippen LogP contribution in [-0.2, 0) is 123 Å². The van der Waals surface area contributed by atoms with Crippen molar-refractivity contribution in [3.8, 4) is 0 Å². The molecule has 60 nitrogen and oxygen atoms in total. The molecule has 12 aliphatic rings. The molecule has 12 fully saturated rings. The Bertz CT molecular complexity index is 3790. The zero-order chi connectivity index (χ0) is 101. The number of hydrogen-bond donors (Lipinski definition) is 34. The molecule has 0 aromatic rings. The lowest BCUT2D eigenvalue weighted by Gasteiger charge is -2.52. The van der Waals surface area contributed by atoms with Gasteiger partial charge in [-0.3, -0.25) is 14.4 Å². The molecule has 0 aliphatic carbocycles. The highest BCUT2D eigenvalue weighted by Crippen LogP contribution is 2.44. The summed E-state index contributed by atoms with van der Waals surface area (Å²) >= 11 is 0. The molecular weight excluding hydrogens is 1890 g/mol. The van der Waals surface area contributed by atoms with Crippen LogP contribution in [0.15, 0.2) is 0 Å². The summed E-state index contributed by atoms with van der Waals surface area (Å²) in [6.07, 6.45) is -118. The highest BCUT2D eigenvalue weighted by atomic mass is 16.8. The molecule has 0 bridgehead atoms. The van der Waals surface area contributed by atoms with Gasteiger partial charge in [0.2, 0.25) is 17.7 Å². The van der Waals surface area contributed by atoms with E-state index in [0.29, 0.717) is 0 Å². The molecule has 0 aromatic carbocycles. The van der Waals surface area contributed by atoms with Crippen molar-refractivity contribution in [2.45, 2.75) is 417 Å². The average Bonchev–Trinajstić information content (AvgIpc) is 0.755. The van der Waals surface area contributed by atoms with E-state index in [1.54, 1.807) is 0 Å². The van der Waals surface area contributed by atoms with Crippen LogP contribution in [-0.4, -0.2) is 597 Å². The minimum absolute atomic E-state index is 0.895. The maximum Gasteiger partial charge on any atom is 0.217 e. The molecule has 60 heteroatoms. The van der Waals surface area contributed by atoms with Gasteiger partial charge in [-0.1, -0.05) is 0 Å². The van der Waals surface area contributed by atoms with Crippen LogP contribution in [0.5, 0.6) is 0 Å². The number of amides is 3. The third kappa shape index (κ3) is 24.1. The van der Waals surface area contributed by atoms with Crippen molar-refractivity contribution in [3.63, 3.8) is 0 Å². The van der Waals surface area contributed by atoms with Crippen LogP contribution in [0.3, 0.4) is 0 Å². The fourth-order valence-electron chi connectivity index (χ4n) is 18.3. The molecule has 800 valence electrons. The summed E-state index contributed by atoms with van der Waals surface area (Å²) in [6.45, 7) is -1.84. The lowest BCUT2D eigenvalue weighted by atomic mass is 9.93. The minimum atomic E-state index is -2.54. The Hall–Kier alpha value is -3.75. The summed E-state index contributed by atoms with van der Waals surface area (Å²) in [5.41, 5.74) is 0. The summed E-state index contributed by atoms with van der Waals surface area (Å²) in [6, 6.07) is -6.19. The van der Waals surface area contributed by atoms with E-state index in [1.807, 2.05) is 0 Å². The Balaban J connectivity index is 0.832. The predicted molar refractivity (Wildman–Crippen MR) is 424 cm³/mol. The van der Waals surface area contributed by atoms with Crippen molar-refractivity contribution in [1.29, 1.82) is 0 Å². The number of hydrogen-bond acceptors (Lipinski definition) is 57. The quantitative estimate of drug-likeness (QED) is 0.0290. The first kappa shape index (κ1) is 113. The van der Waals surface area contributed by atoms with Crippen molar-refractivity contribution in [3.05, 3.63) is 0 Å². The summed E-state index contributed by atoms with van der Waals surface area (Å²) in [5, 5.41) is 356. The molecule has 12 rings (SSSR count). The molecule has 12 aliphatic heterocycles. The SMILES string of the molecule is CC(=O)N[C@H]1[C@H](OC[C@H]2O[C@@H](O[C@H]3[C@H](O)[C@@H](O)C(O)O[C@@H]3CO)[C@H](O)[C@@H](O[C@@H]3O[C@H](CO)[C@@H](O[C@@H]4O[C@H](CO)[C@H](O)[C@H](O)[C@H]4O[C@@H]4O[C@@H](C)[C@@H](O)[C@@H](O)[C@@H]4O)[C@H](O[C@@H]4O[C@@H](C)[C@@H](O)[C@@H](O)[C@@H]4O)[C@H]3NC(C)=O)[C@H]2O)O[C@H](CO)[C@@H](O[C@@H]2O[C@H](CO)[C@H](O)[C@H](OC3O[C@H](CO)[C@@H](O[C@@H]4O[C@H](CO)[C@H](O)[C@H](O)[C@H]4O[C@@H]4O[C@@H](C)[C@@H](O)[C@@H](O)[C@@H]4O)[C@H](O[C@@H]4O[C@@H](C)[C@@H](O)[C@@H](O)[C@@H]4O)[C@H]3NC(C)=O)[C@H]2O)[C@@H]1O. The maximum atomic E-state index is 13.7. The molecule has 12 saturated heterocycles. The van der Waals surface area contributed by atoms with Crippen molar-refractivity contribution in [2.24, 2.45) is 0 Å². The van der Waals surface area contributed by atoms with E-state index in [0.717, 1.165) is 20.8 Å². The molecule has 0 spiro atoms. The largest absolute Gasteiger partial charge is 0.394 e. The van der Waals surface area contributed by atoms with Gasteiger partial charge >= 0.3 is 0 Å².